The van der Waals surface area contributed by atoms with E-state index in [4.69, 9.17) is 16.7 Å². The van der Waals surface area contributed by atoms with Crippen LogP contribution in [0.15, 0.2) is 42.6 Å². The molecular formula is C25H25ClF4N6O3. The average molecular weight is 569 g/mol. The Kier molecular flexibility index (Phi) is 8.12. The Morgan fingerprint density at radius 2 is 1.97 bits per heavy atom. The molecule has 3 heterocycles. The number of carbonyl (C=O) groups excluding carboxylic acids is 2. The second kappa shape index (κ2) is 11.2. The van der Waals surface area contributed by atoms with Crippen molar-refractivity contribution in [3.8, 4) is 0 Å². The van der Waals surface area contributed by atoms with Crippen molar-refractivity contribution in [3.63, 3.8) is 0 Å². The van der Waals surface area contributed by atoms with Gasteiger partial charge in [0.2, 0.25) is 11.8 Å². The number of rotatable bonds is 7. The molecule has 2 amide bonds. The fourth-order valence-corrected chi connectivity index (χ4v) is 4.58. The number of aliphatic hydroxyl groups is 1. The first-order valence-corrected chi connectivity index (χ1v) is 12.3. The van der Waals surface area contributed by atoms with E-state index < -0.39 is 41.3 Å². The summed E-state index contributed by atoms with van der Waals surface area (Å²) >= 11 is 5.87. The van der Waals surface area contributed by atoms with Crippen LogP contribution in [0.3, 0.4) is 0 Å². The first-order chi connectivity index (χ1) is 18.4. The molecule has 1 fully saturated rings. The molecule has 0 unspecified atom stereocenters. The number of carbonyl (C=O) groups is 2. The van der Waals surface area contributed by atoms with E-state index in [2.05, 4.69) is 15.4 Å². The molecule has 1 saturated heterocycles. The minimum absolute atomic E-state index is 0.0295. The number of pyridine rings is 1. The lowest BCUT2D eigenvalue weighted by molar-refractivity contribution is -0.137. The normalized spacial score (nSPS) is 17.4. The van der Waals surface area contributed by atoms with Gasteiger partial charge >= 0.3 is 6.18 Å². The van der Waals surface area contributed by atoms with Gasteiger partial charge in [0, 0.05) is 37.2 Å². The summed E-state index contributed by atoms with van der Waals surface area (Å²) in [4.78, 5) is 33.6. The Morgan fingerprint density at radius 3 is 2.64 bits per heavy atom. The zero-order valence-electron chi connectivity index (χ0n) is 20.9. The fraction of sp³-hybridized carbons (Fsp3) is 0.360. The van der Waals surface area contributed by atoms with Crippen molar-refractivity contribution in [2.24, 2.45) is 5.92 Å². The van der Waals surface area contributed by atoms with Gasteiger partial charge in [-0.15, -0.1) is 0 Å². The van der Waals surface area contributed by atoms with Crippen molar-refractivity contribution in [2.75, 3.05) is 35.3 Å². The molecule has 0 radical (unpaired) electrons. The lowest BCUT2D eigenvalue weighted by Crippen LogP contribution is -2.44. The molecule has 0 saturated carbocycles. The Balaban J connectivity index is 1.65. The number of anilines is 3. The molecule has 9 nitrogen and oxygen atoms in total. The summed E-state index contributed by atoms with van der Waals surface area (Å²) in [5, 5.41) is 15.6. The first kappa shape index (κ1) is 28.3. The number of likely N-dealkylation sites (N-methyl/N-ethyl adjacent to an activating group) is 1. The average Bonchev–Trinajstić information content (AvgIpc) is 3.51. The molecular weight excluding hydrogens is 544 g/mol. The van der Waals surface area contributed by atoms with Gasteiger partial charge in [-0.1, -0.05) is 11.6 Å². The third-order valence-electron chi connectivity index (χ3n) is 6.36. The number of aryl methyl sites for hydroxylation is 1. The van der Waals surface area contributed by atoms with Gasteiger partial charge in [-0.2, -0.15) is 18.3 Å². The summed E-state index contributed by atoms with van der Waals surface area (Å²) in [6.07, 6.45) is -3.11. The van der Waals surface area contributed by atoms with Crippen LogP contribution in [-0.2, 0) is 22.3 Å². The number of hydrogen-bond donors (Lipinski definition) is 2. The van der Waals surface area contributed by atoms with E-state index in [1.54, 1.807) is 6.20 Å². The minimum Gasteiger partial charge on any atom is -0.394 e. The summed E-state index contributed by atoms with van der Waals surface area (Å²) in [6.45, 7) is 1.40. The van der Waals surface area contributed by atoms with E-state index in [1.807, 2.05) is 0 Å². The standard InChI is InChI=1S/C25H25ClF4N6O3/c1-14-9-16(25(28,29)30)11-22(31-14)36-13-15(23(38)32-21-5-6-35(33-21)7-8-37)10-20(36)24(39)34(2)17-3-4-19(27)18(26)12-17/h3-6,9,11-12,15,20,37H,7-8,10,13H2,1-2H3,(H,32,33,38)/t15-,20-/m0/s1. The molecule has 4 rings (SSSR count). The topological polar surface area (TPSA) is 104 Å². The second-order valence-electron chi connectivity index (χ2n) is 9.13. The van der Waals surface area contributed by atoms with Gasteiger partial charge in [-0.05, 0) is 43.7 Å². The molecule has 3 aromatic rings. The third-order valence-corrected chi connectivity index (χ3v) is 6.65. The Hall–Kier alpha value is -3.71. The monoisotopic (exact) mass is 568 g/mol. The quantitative estimate of drug-likeness (QED) is 0.419. The number of amides is 2. The molecule has 1 aliphatic heterocycles. The van der Waals surface area contributed by atoms with Crippen molar-refractivity contribution >= 4 is 40.7 Å². The summed E-state index contributed by atoms with van der Waals surface area (Å²) in [6, 6.07) is 5.92. The van der Waals surface area contributed by atoms with Gasteiger partial charge < -0.3 is 20.2 Å². The maximum Gasteiger partial charge on any atom is 0.416 e. The van der Waals surface area contributed by atoms with E-state index in [9.17, 15) is 27.2 Å². The molecule has 0 bridgehead atoms. The van der Waals surface area contributed by atoms with Crippen molar-refractivity contribution in [1.29, 1.82) is 0 Å². The molecule has 14 heteroatoms. The molecule has 1 aromatic carbocycles. The maximum atomic E-state index is 13.7. The number of aliphatic hydroxyl groups excluding tert-OH is 1. The van der Waals surface area contributed by atoms with Gasteiger partial charge in [0.25, 0.3) is 0 Å². The maximum absolute atomic E-state index is 13.7. The van der Waals surface area contributed by atoms with E-state index >= 15 is 0 Å². The van der Waals surface area contributed by atoms with Crippen molar-refractivity contribution in [1.82, 2.24) is 14.8 Å². The van der Waals surface area contributed by atoms with Crippen LogP contribution in [0.4, 0.5) is 34.9 Å². The van der Waals surface area contributed by atoms with Crippen LogP contribution < -0.4 is 15.1 Å². The molecule has 0 spiro atoms. The van der Waals surface area contributed by atoms with E-state index in [0.717, 1.165) is 18.2 Å². The van der Waals surface area contributed by atoms with E-state index in [0.29, 0.717) is 0 Å². The van der Waals surface area contributed by atoms with Gasteiger partial charge in [-0.3, -0.25) is 14.3 Å². The molecule has 2 atom stereocenters. The number of alkyl halides is 3. The molecule has 2 aromatic heterocycles. The number of aromatic nitrogens is 3. The lowest BCUT2D eigenvalue weighted by atomic mass is 10.0. The SMILES string of the molecule is Cc1cc(C(F)(F)F)cc(N2C[C@@H](C(=O)Nc3ccn(CCO)n3)C[C@H]2C(=O)N(C)c2ccc(F)c(Cl)c2)n1. The van der Waals surface area contributed by atoms with Crippen molar-refractivity contribution < 1.29 is 32.3 Å². The van der Waals surface area contributed by atoms with Crippen LogP contribution in [0.1, 0.15) is 17.7 Å². The predicted octanol–water partition coefficient (Wildman–Crippen LogP) is 3.89. The Morgan fingerprint density at radius 1 is 1.23 bits per heavy atom. The number of hydrogen-bond acceptors (Lipinski definition) is 6. The third kappa shape index (κ3) is 6.31. The van der Waals surface area contributed by atoms with Crippen LogP contribution >= 0.6 is 11.6 Å². The summed E-state index contributed by atoms with van der Waals surface area (Å²) in [7, 11) is 1.43. The zero-order chi connectivity index (χ0) is 28.5. The number of benzene rings is 1. The number of halogens is 5. The highest BCUT2D eigenvalue weighted by Crippen LogP contribution is 2.36. The Bertz CT molecular complexity index is 1380. The second-order valence-corrected chi connectivity index (χ2v) is 9.53. The lowest BCUT2D eigenvalue weighted by Gasteiger charge is -2.29. The number of nitrogens with one attached hydrogen (secondary N) is 1. The molecule has 2 N–H and O–H groups in total. The van der Waals surface area contributed by atoms with E-state index in [1.165, 1.54) is 46.7 Å². The molecule has 208 valence electrons. The fourth-order valence-electron chi connectivity index (χ4n) is 4.40. The molecule has 39 heavy (non-hydrogen) atoms. The molecule has 0 aliphatic carbocycles. The summed E-state index contributed by atoms with van der Waals surface area (Å²) < 4.78 is 55.8. The van der Waals surface area contributed by atoms with Crippen LogP contribution in [-0.4, -0.2) is 57.9 Å². The van der Waals surface area contributed by atoms with Crippen LogP contribution in [0, 0.1) is 18.7 Å². The molecule has 1 aliphatic rings. The zero-order valence-corrected chi connectivity index (χ0v) is 21.7. The van der Waals surface area contributed by atoms with Crippen LogP contribution in [0.5, 0.6) is 0 Å². The predicted molar refractivity (Wildman–Crippen MR) is 136 cm³/mol. The van der Waals surface area contributed by atoms with Gasteiger partial charge in [-0.25, -0.2) is 9.37 Å². The van der Waals surface area contributed by atoms with Gasteiger partial charge in [0.15, 0.2) is 5.82 Å². The highest BCUT2D eigenvalue weighted by molar-refractivity contribution is 6.31. The minimum atomic E-state index is -4.65. The van der Waals surface area contributed by atoms with Crippen LogP contribution in [0.25, 0.3) is 0 Å². The first-order valence-electron chi connectivity index (χ1n) is 11.9. The van der Waals surface area contributed by atoms with Gasteiger partial charge in [0.05, 0.1) is 29.7 Å². The number of nitrogens with zero attached hydrogens (tertiary/aromatic N) is 5. The summed E-state index contributed by atoms with van der Waals surface area (Å²) in [5.41, 5.74) is -0.578. The van der Waals surface area contributed by atoms with E-state index in [-0.39, 0.29) is 54.2 Å². The van der Waals surface area contributed by atoms with Crippen molar-refractivity contribution in [2.45, 2.75) is 32.1 Å². The largest absolute Gasteiger partial charge is 0.416 e. The highest BCUT2D eigenvalue weighted by atomic mass is 35.5. The van der Waals surface area contributed by atoms with Gasteiger partial charge in [0.1, 0.15) is 17.7 Å². The van der Waals surface area contributed by atoms with Crippen molar-refractivity contribution in [3.05, 3.63) is 64.7 Å². The Labute approximate surface area is 226 Å². The highest BCUT2D eigenvalue weighted by Gasteiger charge is 2.43. The smallest absolute Gasteiger partial charge is 0.394 e. The summed E-state index contributed by atoms with van der Waals surface area (Å²) in [5.74, 6) is -2.39. The van der Waals surface area contributed by atoms with Crippen LogP contribution in [0.2, 0.25) is 5.02 Å².